The number of hydrogen-bond acceptors (Lipinski definition) is 6. The van der Waals surface area contributed by atoms with E-state index in [-0.39, 0.29) is 29.8 Å². The number of hydrogen-bond donors (Lipinski definition) is 2. The second kappa shape index (κ2) is 8.86. The lowest BCUT2D eigenvalue weighted by Gasteiger charge is -2.23. The molecule has 0 heterocycles. The lowest BCUT2D eigenvalue weighted by atomic mass is 10.2. The van der Waals surface area contributed by atoms with Gasteiger partial charge in [0.2, 0.25) is 15.9 Å². The minimum absolute atomic E-state index is 0.00283. The molecule has 3 N–H and O–H groups in total. The molecule has 0 spiro atoms. The van der Waals surface area contributed by atoms with Gasteiger partial charge < -0.3 is 20.1 Å². The maximum absolute atomic E-state index is 12.3. The van der Waals surface area contributed by atoms with Gasteiger partial charge in [-0.15, -0.1) is 0 Å². The third-order valence-electron chi connectivity index (χ3n) is 3.69. The number of carbonyl (C=O) groups is 1. The average molecular weight is 359 g/mol. The quantitative estimate of drug-likeness (QED) is 0.651. The van der Waals surface area contributed by atoms with Gasteiger partial charge in [-0.2, -0.15) is 0 Å². The van der Waals surface area contributed by atoms with E-state index in [2.05, 4.69) is 4.72 Å². The molecule has 0 saturated heterocycles. The van der Waals surface area contributed by atoms with E-state index in [1.165, 1.54) is 37.3 Å². The lowest BCUT2D eigenvalue weighted by molar-refractivity contribution is -0.131. The van der Waals surface area contributed by atoms with Crippen molar-refractivity contribution in [1.29, 1.82) is 0 Å². The maximum Gasteiger partial charge on any atom is 0.240 e. The van der Waals surface area contributed by atoms with Gasteiger partial charge in [0.1, 0.15) is 0 Å². The van der Waals surface area contributed by atoms with Gasteiger partial charge in [-0.1, -0.05) is 0 Å². The number of amides is 1. The predicted molar refractivity (Wildman–Crippen MR) is 90.6 cm³/mol. The highest BCUT2D eigenvalue weighted by molar-refractivity contribution is 7.89. The molecule has 1 aromatic carbocycles. The molecule has 8 nitrogen and oxygen atoms in total. The number of nitrogens with two attached hydrogens (primary N) is 1. The van der Waals surface area contributed by atoms with Crippen LogP contribution in [0.25, 0.3) is 0 Å². The number of nitrogens with one attached hydrogen (secondary N) is 1. The molecule has 9 heteroatoms. The largest absolute Gasteiger partial charge is 0.493 e. The number of benzene rings is 1. The molecule has 136 valence electrons. The van der Waals surface area contributed by atoms with E-state index in [0.717, 1.165) is 0 Å². The Kier molecular flexibility index (Phi) is 7.46. The number of methoxy groups -OCH3 is 2. The van der Waals surface area contributed by atoms with E-state index >= 15 is 0 Å². The van der Waals surface area contributed by atoms with E-state index in [1.807, 2.05) is 6.92 Å². The first-order valence-electron chi connectivity index (χ1n) is 7.44. The molecular weight excluding hydrogens is 334 g/mol. The zero-order chi connectivity index (χ0) is 18.3. The first kappa shape index (κ1) is 20.2. The Labute approximate surface area is 143 Å². The topological polar surface area (TPSA) is 111 Å². The Balaban J connectivity index is 2.72. The van der Waals surface area contributed by atoms with E-state index in [9.17, 15) is 13.2 Å². The molecule has 1 atom stereocenters. The van der Waals surface area contributed by atoms with Gasteiger partial charge in [-0.3, -0.25) is 4.79 Å². The first-order valence-corrected chi connectivity index (χ1v) is 8.92. The van der Waals surface area contributed by atoms with Crippen LogP contribution in [0.3, 0.4) is 0 Å². The fraction of sp³-hybridized carbons (Fsp3) is 0.533. The molecule has 0 saturated carbocycles. The van der Waals surface area contributed by atoms with Crippen molar-refractivity contribution in [1.82, 2.24) is 9.62 Å². The van der Waals surface area contributed by atoms with E-state index in [1.54, 1.807) is 7.05 Å². The van der Waals surface area contributed by atoms with E-state index in [0.29, 0.717) is 18.0 Å². The molecule has 0 bridgehead atoms. The van der Waals surface area contributed by atoms with Crippen molar-refractivity contribution >= 4 is 15.9 Å². The van der Waals surface area contributed by atoms with Crippen LogP contribution in [-0.2, 0) is 14.8 Å². The first-order chi connectivity index (χ1) is 11.3. The van der Waals surface area contributed by atoms with Gasteiger partial charge in [-0.25, -0.2) is 13.1 Å². The van der Waals surface area contributed by atoms with Crippen LogP contribution in [0, 0.1) is 0 Å². The maximum atomic E-state index is 12.3. The third kappa shape index (κ3) is 5.08. The molecule has 0 radical (unpaired) electrons. The summed E-state index contributed by atoms with van der Waals surface area (Å²) in [4.78, 5) is 13.5. The third-order valence-corrected chi connectivity index (χ3v) is 5.15. The fourth-order valence-electron chi connectivity index (χ4n) is 1.94. The van der Waals surface area contributed by atoms with Crippen molar-refractivity contribution in [2.24, 2.45) is 5.73 Å². The minimum atomic E-state index is -3.75. The van der Waals surface area contributed by atoms with Crippen LogP contribution in [0.1, 0.15) is 13.3 Å². The number of carbonyl (C=O) groups excluding carboxylic acids is 1. The molecule has 0 fully saturated rings. The van der Waals surface area contributed by atoms with Crippen LogP contribution in [0.15, 0.2) is 23.1 Å². The van der Waals surface area contributed by atoms with Gasteiger partial charge in [0.25, 0.3) is 0 Å². The molecular formula is C15H25N3O5S. The summed E-state index contributed by atoms with van der Waals surface area (Å²) >= 11 is 0. The van der Waals surface area contributed by atoms with Crippen molar-refractivity contribution in [3.63, 3.8) is 0 Å². The molecule has 24 heavy (non-hydrogen) atoms. The molecule has 1 rings (SSSR count). The number of rotatable bonds is 9. The summed E-state index contributed by atoms with van der Waals surface area (Å²) in [6.45, 7) is 2.17. The number of nitrogens with zero attached hydrogens (tertiary/aromatic N) is 1. The summed E-state index contributed by atoms with van der Waals surface area (Å²) in [6, 6.07) is 4.19. The van der Waals surface area contributed by atoms with Gasteiger partial charge >= 0.3 is 0 Å². The smallest absolute Gasteiger partial charge is 0.240 e. The summed E-state index contributed by atoms with van der Waals surface area (Å²) in [5.41, 5.74) is 5.51. The van der Waals surface area contributed by atoms with Crippen molar-refractivity contribution in [3.05, 3.63) is 18.2 Å². The monoisotopic (exact) mass is 359 g/mol. The highest BCUT2D eigenvalue weighted by Crippen LogP contribution is 2.29. The van der Waals surface area contributed by atoms with Crippen LogP contribution in [0.4, 0.5) is 0 Å². The summed E-state index contributed by atoms with van der Waals surface area (Å²) in [5, 5.41) is 0. The van der Waals surface area contributed by atoms with Gasteiger partial charge in [-0.05, 0) is 19.1 Å². The normalized spacial score (nSPS) is 12.5. The second-order valence-corrected chi connectivity index (χ2v) is 7.02. The van der Waals surface area contributed by atoms with E-state index < -0.39 is 10.0 Å². The SMILES string of the molecule is COc1ccc(S(=O)(=O)NCCC(=O)N(C)C(C)CN)cc1OC. The van der Waals surface area contributed by atoms with Crippen LogP contribution in [0.5, 0.6) is 11.5 Å². The standard InChI is InChI=1S/C15H25N3O5S/c1-11(10-16)18(2)15(19)7-8-17-24(20,21)12-5-6-13(22-3)14(9-12)23-4/h5-6,9,11,17H,7-8,10,16H2,1-4H3. The molecule has 1 amide bonds. The summed E-state index contributed by atoms with van der Waals surface area (Å²) < 4.78 is 37.2. The van der Waals surface area contributed by atoms with Crippen LogP contribution in [-0.4, -0.2) is 59.6 Å². The Morgan fingerprint density at radius 1 is 1.29 bits per heavy atom. The number of ether oxygens (including phenoxy) is 2. The van der Waals surface area contributed by atoms with Crippen molar-refractivity contribution < 1.29 is 22.7 Å². The summed E-state index contributed by atoms with van der Waals surface area (Å²) in [5.74, 6) is 0.569. The number of sulfonamides is 1. The predicted octanol–water partition coefficient (Wildman–Crippen LogP) is 0.178. The minimum Gasteiger partial charge on any atom is -0.493 e. The zero-order valence-electron chi connectivity index (χ0n) is 14.4. The van der Waals surface area contributed by atoms with Crippen LogP contribution in [0.2, 0.25) is 0 Å². The summed E-state index contributed by atoms with van der Waals surface area (Å²) in [6.07, 6.45) is 0.0490. The Hall–Kier alpha value is -1.84. The average Bonchev–Trinajstić information content (AvgIpc) is 2.59. The summed E-state index contributed by atoms with van der Waals surface area (Å²) in [7, 11) is 0.788. The fourth-order valence-corrected chi connectivity index (χ4v) is 2.99. The molecule has 0 aliphatic carbocycles. The second-order valence-electron chi connectivity index (χ2n) is 5.25. The highest BCUT2D eigenvalue weighted by Gasteiger charge is 2.19. The molecule has 1 aromatic rings. The molecule has 1 unspecified atom stereocenters. The molecule has 0 aromatic heterocycles. The molecule has 0 aliphatic heterocycles. The Morgan fingerprint density at radius 3 is 2.46 bits per heavy atom. The van der Waals surface area contributed by atoms with Gasteiger partial charge in [0.05, 0.1) is 19.1 Å². The number of likely N-dealkylation sites (N-methyl/N-ethyl adjacent to an activating group) is 1. The van der Waals surface area contributed by atoms with Gasteiger partial charge in [0.15, 0.2) is 11.5 Å². The van der Waals surface area contributed by atoms with Crippen LogP contribution >= 0.6 is 0 Å². The molecule has 0 aliphatic rings. The van der Waals surface area contributed by atoms with Gasteiger partial charge in [0, 0.05) is 38.7 Å². The van der Waals surface area contributed by atoms with Crippen LogP contribution < -0.4 is 19.9 Å². The zero-order valence-corrected chi connectivity index (χ0v) is 15.2. The Bertz CT molecular complexity index is 663. The van der Waals surface area contributed by atoms with Crippen molar-refractivity contribution in [3.8, 4) is 11.5 Å². The van der Waals surface area contributed by atoms with Crippen molar-refractivity contribution in [2.45, 2.75) is 24.3 Å². The lowest BCUT2D eigenvalue weighted by Crippen LogP contribution is -2.41. The highest BCUT2D eigenvalue weighted by atomic mass is 32.2. The Morgan fingerprint density at radius 2 is 1.92 bits per heavy atom. The van der Waals surface area contributed by atoms with Crippen molar-refractivity contribution in [2.75, 3.05) is 34.4 Å². The van der Waals surface area contributed by atoms with E-state index in [4.69, 9.17) is 15.2 Å².